The molecule has 21 heavy (non-hydrogen) atoms. The molecule has 0 fully saturated rings. The summed E-state index contributed by atoms with van der Waals surface area (Å²) in [4.78, 5) is 0. The first-order valence-electron chi connectivity index (χ1n) is 6.73. The van der Waals surface area contributed by atoms with Crippen LogP contribution < -0.4 is 0 Å². The molecule has 4 nitrogen and oxygen atoms in total. The van der Waals surface area contributed by atoms with Crippen LogP contribution in [0.2, 0.25) is 0 Å². The molecule has 1 aromatic heterocycles. The van der Waals surface area contributed by atoms with Crippen LogP contribution in [0.1, 0.15) is 19.4 Å². The molecule has 1 heterocycles. The number of hydrogen-bond donors (Lipinski definition) is 2. The molecule has 0 spiro atoms. The van der Waals surface area contributed by atoms with Crippen molar-refractivity contribution in [2.45, 2.75) is 20.8 Å². The van der Waals surface area contributed by atoms with Gasteiger partial charge >= 0.3 is 0 Å². The van der Waals surface area contributed by atoms with E-state index in [0.717, 1.165) is 26.8 Å². The maximum atomic E-state index is 9.53. The van der Waals surface area contributed by atoms with Gasteiger partial charge in [-0.15, -0.1) is 0 Å². The van der Waals surface area contributed by atoms with Crippen LogP contribution in [-0.4, -0.2) is 20.0 Å². The lowest BCUT2D eigenvalue weighted by Crippen LogP contribution is -1.98. The minimum absolute atomic E-state index is 0.204. The van der Waals surface area contributed by atoms with Gasteiger partial charge in [0, 0.05) is 5.39 Å². The van der Waals surface area contributed by atoms with Gasteiger partial charge in [-0.1, -0.05) is 13.8 Å². The van der Waals surface area contributed by atoms with Crippen LogP contribution in [0.3, 0.4) is 0 Å². The second-order valence-electron chi connectivity index (χ2n) is 4.37. The molecule has 2 aromatic carbocycles. The van der Waals surface area contributed by atoms with Crippen molar-refractivity contribution in [3.05, 3.63) is 46.6 Å². The summed E-state index contributed by atoms with van der Waals surface area (Å²) in [6.07, 6.45) is 0. The number of halogens is 1. The van der Waals surface area contributed by atoms with Gasteiger partial charge in [0.2, 0.25) is 0 Å². The maximum Gasteiger partial charge on any atom is 0.117 e. The van der Waals surface area contributed by atoms with Crippen LogP contribution in [0.5, 0.6) is 11.5 Å². The van der Waals surface area contributed by atoms with E-state index < -0.39 is 0 Å². The highest BCUT2D eigenvalue weighted by atomic mass is 79.9. The number of aromatic nitrogens is 2. The fourth-order valence-electron chi connectivity index (χ4n) is 2.08. The Balaban J connectivity index is 0.000000774. The van der Waals surface area contributed by atoms with Crippen LogP contribution in [0.25, 0.3) is 16.6 Å². The summed E-state index contributed by atoms with van der Waals surface area (Å²) in [5.74, 6) is 0.432. The quantitative estimate of drug-likeness (QED) is 0.678. The van der Waals surface area contributed by atoms with Crippen molar-refractivity contribution < 1.29 is 10.2 Å². The fourth-order valence-corrected chi connectivity index (χ4v) is 2.67. The molecule has 5 heteroatoms. The first-order chi connectivity index (χ1) is 10.1. The molecule has 0 radical (unpaired) electrons. The first kappa shape index (κ1) is 15.4. The predicted octanol–water partition coefficient (Wildman–Crippen LogP) is 4.53. The largest absolute Gasteiger partial charge is 0.508 e. The lowest BCUT2D eigenvalue weighted by molar-refractivity contribution is 0.474. The molecule has 0 amide bonds. The van der Waals surface area contributed by atoms with E-state index >= 15 is 0 Å². The van der Waals surface area contributed by atoms with Crippen molar-refractivity contribution in [3.63, 3.8) is 0 Å². The second kappa shape index (κ2) is 6.18. The SMILES string of the molecule is CC.Cc1cc(O)ccc1-n1nc2ccc(O)cc2c1Br. The number of phenolic OH excluding ortho intramolecular Hbond substituents is 2. The summed E-state index contributed by atoms with van der Waals surface area (Å²) in [7, 11) is 0. The van der Waals surface area contributed by atoms with E-state index in [1.165, 1.54) is 0 Å². The number of benzene rings is 2. The number of nitrogens with zero attached hydrogens (tertiary/aromatic N) is 2. The number of hydrogen-bond acceptors (Lipinski definition) is 3. The van der Waals surface area contributed by atoms with Gasteiger partial charge in [-0.25, -0.2) is 4.68 Å². The third-order valence-electron chi connectivity index (χ3n) is 3.00. The zero-order valence-electron chi connectivity index (χ0n) is 12.1. The van der Waals surface area contributed by atoms with Crippen molar-refractivity contribution in [2.75, 3.05) is 0 Å². The molecule has 0 unspecified atom stereocenters. The highest BCUT2D eigenvalue weighted by molar-refractivity contribution is 9.10. The minimum atomic E-state index is 0.204. The predicted molar refractivity (Wildman–Crippen MR) is 88.2 cm³/mol. The highest BCUT2D eigenvalue weighted by Gasteiger charge is 2.12. The molecule has 0 bridgehead atoms. The lowest BCUT2D eigenvalue weighted by atomic mass is 10.2. The van der Waals surface area contributed by atoms with Crippen LogP contribution >= 0.6 is 15.9 Å². The van der Waals surface area contributed by atoms with Crippen LogP contribution in [0.15, 0.2) is 41.0 Å². The van der Waals surface area contributed by atoms with Crippen molar-refractivity contribution >= 4 is 26.8 Å². The number of phenols is 2. The Morgan fingerprint density at radius 1 is 1.00 bits per heavy atom. The fraction of sp³-hybridized carbons (Fsp3) is 0.188. The third kappa shape index (κ3) is 2.88. The molecular weight excluding hydrogens is 332 g/mol. The van der Waals surface area contributed by atoms with Gasteiger partial charge in [-0.2, -0.15) is 5.10 Å². The van der Waals surface area contributed by atoms with Crippen molar-refractivity contribution in [1.82, 2.24) is 9.78 Å². The van der Waals surface area contributed by atoms with E-state index in [9.17, 15) is 10.2 Å². The summed E-state index contributed by atoms with van der Waals surface area (Å²) in [5, 5.41) is 24.3. The standard InChI is InChI=1S/C14H11BrN2O2.C2H6/c1-8-6-9(18)3-5-13(8)17-14(15)11-7-10(19)2-4-12(11)16-17;1-2/h2-7,18-19H,1H3;1-2H3. The Morgan fingerprint density at radius 3 is 2.29 bits per heavy atom. The Kier molecular flexibility index (Phi) is 4.53. The van der Waals surface area contributed by atoms with Gasteiger partial charge in [-0.3, -0.25) is 0 Å². The first-order valence-corrected chi connectivity index (χ1v) is 7.53. The maximum absolute atomic E-state index is 9.53. The summed E-state index contributed by atoms with van der Waals surface area (Å²) in [6, 6.07) is 10.2. The highest BCUT2D eigenvalue weighted by Crippen LogP contribution is 2.30. The smallest absolute Gasteiger partial charge is 0.117 e. The minimum Gasteiger partial charge on any atom is -0.508 e. The molecule has 0 saturated carbocycles. The van der Waals surface area contributed by atoms with Gasteiger partial charge in [0.15, 0.2) is 0 Å². The summed E-state index contributed by atoms with van der Waals surface area (Å²) in [6.45, 7) is 5.91. The van der Waals surface area contributed by atoms with Crippen molar-refractivity contribution in [1.29, 1.82) is 0 Å². The molecule has 3 aromatic rings. The molecule has 0 saturated heterocycles. The molecule has 2 N–H and O–H groups in total. The number of rotatable bonds is 1. The van der Waals surface area contributed by atoms with Gasteiger partial charge in [0.05, 0.1) is 11.2 Å². The molecule has 0 aliphatic carbocycles. The Morgan fingerprint density at radius 2 is 1.62 bits per heavy atom. The van der Waals surface area contributed by atoms with Gasteiger partial charge < -0.3 is 10.2 Å². The number of fused-ring (bicyclic) bond motifs is 1. The van der Waals surface area contributed by atoms with E-state index in [2.05, 4.69) is 21.0 Å². The molecule has 0 aliphatic heterocycles. The third-order valence-corrected chi connectivity index (χ3v) is 3.77. The Bertz CT molecular complexity index is 781. The van der Waals surface area contributed by atoms with Crippen LogP contribution in [-0.2, 0) is 0 Å². The van der Waals surface area contributed by atoms with Gasteiger partial charge in [0.25, 0.3) is 0 Å². The van der Waals surface area contributed by atoms with Crippen LogP contribution in [0, 0.1) is 6.92 Å². The summed E-state index contributed by atoms with van der Waals surface area (Å²) < 4.78 is 2.52. The summed E-state index contributed by atoms with van der Waals surface area (Å²) >= 11 is 3.50. The second-order valence-corrected chi connectivity index (χ2v) is 5.13. The average molecular weight is 349 g/mol. The van der Waals surface area contributed by atoms with E-state index in [1.807, 2.05) is 20.8 Å². The van der Waals surface area contributed by atoms with Crippen molar-refractivity contribution in [2.24, 2.45) is 0 Å². The van der Waals surface area contributed by atoms with Crippen molar-refractivity contribution in [3.8, 4) is 17.2 Å². The van der Waals surface area contributed by atoms with E-state index in [1.54, 1.807) is 41.1 Å². The molecule has 0 aliphatic rings. The Hall–Kier alpha value is -2.01. The Labute approximate surface area is 131 Å². The zero-order valence-corrected chi connectivity index (χ0v) is 13.7. The molecule has 3 rings (SSSR count). The van der Waals surface area contributed by atoms with E-state index in [-0.39, 0.29) is 11.5 Å². The lowest BCUT2D eigenvalue weighted by Gasteiger charge is -2.07. The van der Waals surface area contributed by atoms with Gasteiger partial charge in [0.1, 0.15) is 16.1 Å². The monoisotopic (exact) mass is 348 g/mol. The molecule has 110 valence electrons. The molecular formula is C16H17BrN2O2. The summed E-state index contributed by atoms with van der Waals surface area (Å²) in [5.41, 5.74) is 2.58. The zero-order chi connectivity index (χ0) is 15.6. The molecule has 0 atom stereocenters. The van der Waals surface area contributed by atoms with Crippen LogP contribution in [0.4, 0.5) is 0 Å². The topological polar surface area (TPSA) is 58.3 Å². The van der Waals surface area contributed by atoms with E-state index in [0.29, 0.717) is 0 Å². The average Bonchev–Trinajstić information content (AvgIpc) is 2.78. The normalized spacial score (nSPS) is 10.3. The van der Waals surface area contributed by atoms with Gasteiger partial charge in [-0.05, 0) is 64.8 Å². The number of aromatic hydroxyl groups is 2. The number of aryl methyl sites for hydroxylation is 1. The van der Waals surface area contributed by atoms with E-state index in [4.69, 9.17) is 0 Å².